The number of fused-ring (bicyclic) bond motifs is 2. The summed E-state index contributed by atoms with van der Waals surface area (Å²) in [5.41, 5.74) is 2.39. The molecule has 0 aliphatic carbocycles. The van der Waals surface area contributed by atoms with E-state index in [0.717, 1.165) is 48.3 Å². The number of benzene rings is 2. The predicted molar refractivity (Wildman–Crippen MR) is 102 cm³/mol. The molecule has 1 aliphatic rings. The lowest BCUT2D eigenvalue weighted by Gasteiger charge is -2.25. The van der Waals surface area contributed by atoms with Gasteiger partial charge >= 0.3 is 0 Å². The first kappa shape index (κ1) is 15.7. The highest BCUT2D eigenvalue weighted by Gasteiger charge is 2.25. The zero-order valence-corrected chi connectivity index (χ0v) is 14.9. The first-order valence-electron chi connectivity index (χ1n) is 8.81. The molecular formula is C20H17ClN4O. The Labute approximate surface area is 155 Å². The maximum absolute atomic E-state index is 6.32. The molecule has 1 atom stereocenters. The van der Waals surface area contributed by atoms with Crippen molar-refractivity contribution in [2.45, 2.75) is 25.5 Å². The summed E-state index contributed by atoms with van der Waals surface area (Å²) in [5, 5.41) is 2.68. The van der Waals surface area contributed by atoms with E-state index in [2.05, 4.69) is 44.9 Å². The van der Waals surface area contributed by atoms with E-state index < -0.39 is 0 Å². The summed E-state index contributed by atoms with van der Waals surface area (Å²) in [4.78, 5) is 13.4. The van der Waals surface area contributed by atoms with Gasteiger partial charge in [-0.3, -0.25) is 4.57 Å². The van der Waals surface area contributed by atoms with Gasteiger partial charge in [-0.25, -0.2) is 15.0 Å². The van der Waals surface area contributed by atoms with Crippen LogP contribution in [0.4, 0.5) is 0 Å². The van der Waals surface area contributed by atoms with E-state index in [0.29, 0.717) is 10.7 Å². The fraction of sp³-hybridized carbons (Fsp3) is 0.250. The molecule has 0 bridgehead atoms. The summed E-state index contributed by atoms with van der Waals surface area (Å²) in [6.45, 7) is 0.748. The number of ether oxygens (including phenoxy) is 1. The third-order valence-electron chi connectivity index (χ3n) is 4.91. The fourth-order valence-corrected chi connectivity index (χ4v) is 3.86. The maximum Gasteiger partial charge on any atom is 0.167 e. The minimum atomic E-state index is -0.0892. The van der Waals surface area contributed by atoms with Crippen LogP contribution in [0.2, 0.25) is 5.15 Å². The van der Waals surface area contributed by atoms with Crippen LogP contribution < -0.4 is 0 Å². The van der Waals surface area contributed by atoms with Crippen LogP contribution in [-0.2, 0) is 4.74 Å². The molecule has 130 valence electrons. The summed E-state index contributed by atoms with van der Waals surface area (Å²) < 4.78 is 8.15. The minimum Gasteiger partial charge on any atom is -0.358 e. The van der Waals surface area contributed by atoms with Gasteiger partial charge in [0.2, 0.25) is 0 Å². The second kappa shape index (κ2) is 6.34. The van der Waals surface area contributed by atoms with Gasteiger partial charge in [-0.05, 0) is 30.0 Å². The van der Waals surface area contributed by atoms with Crippen molar-refractivity contribution in [3.05, 3.63) is 53.9 Å². The summed E-state index contributed by atoms with van der Waals surface area (Å²) in [6.07, 6.45) is 4.54. The largest absolute Gasteiger partial charge is 0.358 e. The summed E-state index contributed by atoms with van der Waals surface area (Å²) in [7, 11) is 0. The predicted octanol–water partition coefficient (Wildman–Crippen LogP) is 5.00. The molecule has 4 aromatic rings. The molecule has 6 heteroatoms. The van der Waals surface area contributed by atoms with Crippen LogP contribution >= 0.6 is 11.6 Å². The number of hydrogen-bond acceptors (Lipinski definition) is 4. The Balaban J connectivity index is 1.83. The van der Waals surface area contributed by atoms with Gasteiger partial charge in [0, 0.05) is 12.2 Å². The van der Waals surface area contributed by atoms with Gasteiger partial charge in [0.05, 0.1) is 0 Å². The van der Waals surface area contributed by atoms with Crippen LogP contribution in [0.3, 0.4) is 0 Å². The second-order valence-electron chi connectivity index (χ2n) is 6.49. The number of halogens is 1. The molecule has 1 aliphatic heterocycles. The van der Waals surface area contributed by atoms with Crippen molar-refractivity contribution in [3.8, 4) is 11.4 Å². The minimum absolute atomic E-state index is 0.0892. The van der Waals surface area contributed by atoms with Gasteiger partial charge in [-0.2, -0.15) is 0 Å². The van der Waals surface area contributed by atoms with E-state index in [-0.39, 0.29) is 6.23 Å². The standard InChI is InChI=1S/C20H17ClN4O/c21-18-17-20(23-12-22-18)25(16-10-3-4-11-26-16)19(24-17)15-9-5-7-13-6-1-2-8-14(13)15/h1-2,5-9,12,16H,3-4,10-11H2. The third kappa shape index (κ3) is 2.47. The lowest BCUT2D eigenvalue weighted by atomic mass is 10.0. The van der Waals surface area contributed by atoms with Crippen LogP contribution in [0.15, 0.2) is 48.8 Å². The van der Waals surface area contributed by atoms with Crippen LogP contribution in [-0.4, -0.2) is 26.1 Å². The molecule has 0 radical (unpaired) electrons. The highest BCUT2D eigenvalue weighted by molar-refractivity contribution is 6.33. The molecule has 5 nitrogen and oxygen atoms in total. The van der Waals surface area contributed by atoms with Crippen molar-refractivity contribution in [3.63, 3.8) is 0 Å². The molecule has 2 aromatic heterocycles. The molecule has 1 saturated heterocycles. The Morgan fingerprint density at radius 2 is 1.92 bits per heavy atom. The molecule has 26 heavy (non-hydrogen) atoms. The molecule has 2 aromatic carbocycles. The zero-order valence-electron chi connectivity index (χ0n) is 14.1. The van der Waals surface area contributed by atoms with Crippen molar-refractivity contribution in [2.24, 2.45) is 0 Å². The Hall–Kier alpha value is -2.50. The van der Waals surface area contributed by atoms with Crippen LogP contribution in [0.5, 0.6) is 0 Å². The molecule has 0 saturated carbocycles. The summed E-state index contributed by atoms with van der Waals surface area (Å²) in [6, 6.07) is 14.6. The van der Waals surface area contributed by atoms with Crippen molar-refractivity contribution < 1.29 is 4.74 Å². The van der Waals surface area contributed by atoms with E-state index in [1.807, 2.05) is 12.1 Å². The smallest absolute Gasteiger partial charge is 0.167 e. The monoisotopic (exact) mass is 364 g/mol. The SMILES string of the molecule is Clc1ncnc2c1nc(-c1cccc3ccccc13)n2C1CCCCO1. The zero-order chi connectivity index (χ0) is 17.5. The normalized spacial score (nSPS) is 17.8. The maximum atomic E-state index is 6.32. The molecule has 0 amide bonds. The third-order valence-corrected chi connectivity index (χ3v) is 5.18. The lowest BCUT2D eigenvalue weighted by molar-refractivity contribution is -0.0287. The van der Waals surface area contributed by atoms with Gasteiger partial charge < -0.3 is 4.74 Å². The van der Waals surface area contributed by atoms with Crippen LogP contribution in [0.1, 0.15) is 25.5 Å². The summed E-state index contributed by atoms with van der Waals surface area (Å²) in [5.74, 6) is 0.825. The average Bonchev–Trinajstić information content (AvgIpc) is 3.09. The molecule has 3 heterocycles. The van der Waals surface area contributed by atoms with Crippen LogP contribution in [0, 0.1) is 0 Å². The fourth-order valence-electron chi connectivity index (χ4n) is 3.69. The van der Waals surface area contributed by atoms with Crippen molar-refractivity contribution in [1.82, 2.24) is 19.5 Å². The Morgan fingerprint density at radius 3 is 2.81 bits per heavy atom. The van der Waals surface area contributed by atoms with Gasteiger partial charge in [0.25, 0.3) is 0 Å². The van der Waals surface area contributed by atoms with Crippen LogP contribution in [0.25, 0.3) is 33.3 Å². The van der Waals surface area contributed by atoms with E-state index in [9.17, 15) is 0 Å². The molecule has 5 rings (SSSR count). The number of nitrogens with zero attached hydrogens (tertiary/aromatic N) is 4. The topological polar surface area (TPSA) is 52.8 Å². The van der Waals surface area contributed by atoms with E-state index in [1.54, 1.807) is 0 Å². The highest BCUT2D eigenvalue weighted by atomic mass is 35.5. The first-order chi connectivity index (χ1) is 12.8. The van der Waals surface area contributed by atoms with Gasteiger partial charge in [0.15, 0.2) is 10.8 Å². The van der Waals surface area contributed by atoms with E-state index >= 15 is 0 Å². The molecular weight excluding hydrogens is 348 g/mol. The van der Waals surface area contributed by atoms with E-state index in [1.165, 1.54) is 11.7 Å². The number of imidazole rings is 1. The Kier molecular flexibility index (Phi) is 3.84. The first-order valence-corrected chi connectivity index (χ1v) is 9.19. The lowest BCUT2D eigenvalue weighted by Crippen LogP contribution is -2.19. The summed E-state index contributed by atoms with van der Waals surface area (Å²) >= 11 is 6.32. The number of hydrogen-bond donors (Lipinski definition) is 0. The van der Waals surface area contributed by atoms with Gasteiger partial charge in [-0.15, -0.1) is 0 Å². The molecule has 0 spiro atoms. The molecule has 1 fully saturated rings. The van der Waals surface area contributed by atoms with E-state index in [4.69, 9.17) is 21.3 Å². The second-order valence-corrected chi connectivity index (χ2v) is 6.85. The Morgan fingerprint density at radius 1 is 1.04 bits per heavy atom. The van der Waals surface area contributed by atoms with Crippen molar-refractivity contribution in [1.29, 1.82) is 0 Å². The average molecular weight is 365 g/mol. The van der Waals surface area contributed by atoms with Gasteiger partial charge in [0.1, 0.15) is 23.9 Å². The number of rotatable bonds is 2. The highest BCUT2D eigenvalue weighted by Crippen LogP contribution is 2.36. The quantitative estimate of drug-likeness (QED) is 0.470. The molecule has 0 N–H and O–H groups in total. The molecule has 1 unspecified atom stereocenters. The number of aromatic nitrogens is 4. The van der Waals surface area contributed by atoms with Crippen molar-refractivity contribution in [2.75, 3.05) is 6.61 Å². The van der Waals surface area contributed by atoms with Crippen molar-refractivity contribution >= 4 is 33.5 Å². The Bertz CT molecular complexity index is 1100. The van der Waals surface area contributed by atoms with Gasteiger partial charge in [-0.1, -0.05) is 54.1 Å².